The Morgan fingerprint density at radius 2 is 1.00 bits per heavy atom. The van der Waals surface area contributed by atoms with Crippen molar-refractivity contribution >= 4 is 35.1 Å². The summed E-state index contributed by atoms with van der Waals surface area (Å²) in [6.45, 7) is -0.437. The van der Waals surface area contributed by atoms with Gasteiger partial charge in [-0.15, -0.1) is 0 Å². The average molecular weight is 528 g/mol. The largest absolute Gasteiger partial charge is 0.455 e. The smallest absolute Gasteiger partial charge is 0.311 e. The Morgan fingerprint density at radius 1 is 0.658 bits per heavy atom. The lowest BCUT2D eigenvalue weighted by Crippen LogP contribution is -2.52. The van der Waals surface area contributed by atoms with Gasteiger partial charge in [-0.1, -0.05) is 36.4 Å². The average Bonchev–Trinajstić information content (AvgIpc) is 2.90. The van der Waals surface area contributed by atoms with E-state index < -0.39 is 46.8 Å². The van der Waals surface area contributed by atoms with Crippen molar-refractivity contribution in [1.82, 2.24) is 9.80 Å². The van der Waals surface area contributed by atoms with Crippen molar-refractivity contribution < 1.29 is 38.5 Å². The fourth-order valence-corrected chi connectivity index (χ4v) is 3.76. The number of para-hydroxylation sites is 2. The summed E-state index contributed by atoms with van der Waals surface area (Å²) in [4.78, 5) is 72.6. The molecule has 1 saturated heterocycles. The summed E-state index contributed by atoms with van der Waals surface area (Å²) < 4.78 is 9.95. The molecule has 1 heterocycles. The van der Waals surface area contributed by atoms with Gasteiger partial charge in [-0.2, -0.15) is 0 Å². The van der Waals surface area contributed by atoms with Crippen LogP contribution >= 0.6 is 0 Å². The number of hydrogen-bond acceptors (Lipinski definition) is 10. The maximum Gasteiger partial charge on any atom is 0.311 e. The number of piperazine rings is 1. The van der Waals surface area contributed by atoms with Crippen molar-refractivity contribution in [1.29, 1.82) is 0 Å². The fraction of sp³-hybridized carbons (Fsp3) is 0.333. The molecule has 0 spiro atoms. The number of carbonyl (C=O) groups excluding carboxylic acids is 4. The summed E-state index contributed by atoms with van der Waals surface area (Å²) in [5, 5.41) is 22.1. The Labute approximate surface area is 216 Å². The van der Waals surface area contributed by atoms with Crippen LogP contribution in [0.1, 0.15) is 11.1 Å². The molecule has 0 saturated carbocycles. The van der Waals surface area contributed by atoms with Gasteiger partial charge in [0.25, 0.3) is 23.2 Å². The minimum atomic E-state index is -0.788. The van der Waals surface area contributed by atoms with Crippen LogP contribution in [0.3, 0.4) is 0 Å². The summed E-state index contributed by atoms with van der Waals surface area (Å²) >= 11 is 0. The van der Waals surface area contributed by atoms with Crippen molar-refractivity contribution in [2.75, 3.05) is 39.4 Å². The minimum absolute atomic E-state index is 0.163. The predicted molar refractivity (Wildman–Crippen MR) is 129 cm³/mol. The molecular weight excluding hydrogens is 504 g/mol. The van der Waals surface area contributed by atoms with E-state index in [4.69, 9.17) is 9.47 Å². The molecule has 1 aliphatic rings. The van der Waals surface area contributed by atoms with Gasteiger partial charge in [-0.25, -0.2) is 0 Å². The summed E-state index contributed by atoms with van der Waals surface area (Å²) in [5.74, 6) is -2.54. The predicted octanol–water partition coefficient (Wildman–Crippen LogP) is 1.05. The van der Waals surface area contributed by atoms with Crippen molar-refractivity contribution in [2.24, 2.45) is 0 Å². The standard InChI is InChI=1S/C24H24N4O10/c29-21(15-37-23(31)13-17-5-1-3-7-19(17)27(33)34)25-9-11-26(12-10-25)22(30)16-38-24(32)14-18-6-2-4-8-20(18)28(35)36/h1-8H,9-16H2. The third kappa shape index (κ3) is 7.56. The van der Waals surface area contributed by atoms with Crippen molar-refractivity contribution in [2.45, 2.75) is 12.8 Å². The topological polar surface area (TPSA) is 179 Å². The molecule has 1 aliphatic heterocycles. The van der Waals surface area contributed by atoms with Crippen molar-refractivity contribution in [3.63, 3.8) is 0 Å². The number of carbonyl (C=O) groups is 4. The highest BCUT2D eigenvalue weighted by molar-refractivity contribution is 5.83. The lowest BCUT2D eigenvalue weighted by Gasteiger charge is -2.34. The van der Waals surface area contributed by atoms with Gasteiger partial charge in [-0.05, 0) is 0 Å². The van der Waals surface area contributed by atoms with E-state index in [1.165, 1.54) is 46.2 Å². The number of ether oxygens (including phenoxy) is 2. The third-order valence-electron chi connectivity index (χ3n) is 5.74. The Kier molecular flexibility index (Phi) is 9.40. The number of esters is 2. The fourth-order valence-electron chi connectivity index (χ4n) is 3.76. The van der Waals surface area contributed by atoms with Crippen LogP contribution in [0.15, 0.2) is 48.5 Å². The first-order valence-electron chi connectivity index (χ1n) is 11.5. The minimum Gasteiger partial charge on any atom is -0.455 e. The zero-order valence-corrected chi connectivity index (χ0v) is 20.1. The van der Waals surface area contributed by atoms with Gasteiger partial charge in [0.2, 0.25) is 0 Å². The molecule has 0 aromatic heterocycles. The van der Waals surface area contributed by atoms with Crippen LogP contribution < -0.4 is 0 Å². The summed E-state index contributed by atoms with van der Waals surface area (Å²) in [6.07, 6.45) is -0.716. The van der Waals surface area contributed by atoms with Crippen LogP contribution in [0.2, 0.25) is 0 Å². The van der Waals surface area contributed by atoms with Gasteiger partial charge in [0.1, 0.15) is 0 Å². The van der Waals surface area contributed by atoms with E-state index in [0.717, 1.165) is 0 Å². The second-order valence-corrected chi connectivity index (χ2v) is 8.21. The molecule has 2 aromatic rings. The lowest BCUT2D eigenvalue weighted by atomic mass is 10.1. The number of amides is 2. The highest BCUT2D eigenvalue weighted by Crippen LogP contribution is 2.19. The van der Waals surface area contributed by atoms with Gasteiger partial charge in [0.15, 0.2) is 13.2 Å². The maximum atomic E-state index is 12.4. The van der Waals surface area contributed by atoms with Crippen LogP contribution in [0, 0.1) is 20.2 Å². The van der Waals surface area contributed by atoms with Gasteiger partial charge in [0, 0.05) is 49.4 Å². The molecule has 14 nitrogen and oxygen atoms in total. The molecule has 200 valence electrons. The second-order valence-electron chi connectivity index (χ2n) is 8.21. The quantitative estimate of drug-likeness (QED) is 0.246. The zero-order chi connectivity index (χ0) is 27.7. The van der Waals surface area contributed by atoms with Crippen LogP contribution in [0.5, 0.6) is 0 Å². The number of benzene rings is 2. The highest BCUT2D eigenvalue weighted by atomic mass is 16.6. The maximum absolute atomic E-state index is 12.4. The zero-order valence-electron chi connectivity index (χ0n) is 20.1. The molecule has 0 unspecified atom stereocenters. The van der Waals surface area contributed by atoms with Crippen molar-refractivity contribution in [3.05, 3.63) is 79.9 Å². The van der Waals surface area contributed by atoms with Crippen LogP contribution in [0.4, 0.5) is 11.4 Å². The number of nitro groups is 2. The van der Waals surface area contributed by atoms with Crippen LogP contribution in [-0.4, -0.2) is 82.8 Å². The van der Waals surface area contributed by atoms with E-state index in [-0.39, 0.29) is 61.5 Å². The second kappa shape index (κ2) is 12.9. The molecule has 3 rings (SSSR count). The first-order chi connectivity index (χ1) is 18.2. The third-order valence-corrected chi connectivity index (χ3v) is 5.74. The first kappa shape index (κ1) is 27.7. The number of hydrogen-bond donors (Lipinski definition) is 0. The Balaban J connectivity index is 1.39. The molecule has 14 heteroatoms. The Hall–Kier alpha value is -4.88. The van der Waals surface area contributed by atoms with E-state index in [0.29, 0.717) is 0 Å². The Bertz CT molecular complexity index is 1140. The Morgan fingerprint density at radius 3 is 1.34 bits per heavy atom. The SMILES string of the molecule is O=C(Cc1ccccc1[N+](=O)[O-])OCC(=O)N1CCN(C(=O)COC(=O)Cc2ccccc2[N+](=O)[O-])CC1. The van der Waals surface area contributed by atoms with Crippen LogP contribution in [0.25, 0.3) is 0 Å². The molecule has 0 aliphatic carbocycles. The highest BCUT2D eigenvalue weighted by Gasteiger charge is 2.26. The lowest BCUT2D eigenvalue weighted by molar-refractivity contribution is -0.385. The van der Waals surface area contributed by atoms with Crippen LogP contribution in [-0.2, 0) is 41.5 Å². The molecule has 0 N–H and O–H groups in total. The summed E-state index contributed by atoms with van der Waals surface area (Å²) in [6, 6.07) is 11.5. The first-order valence-corrected chi connectivity index (χ1v) is 11.5. The number of nitro benzene ring substituents is 2. The monoisotopic (exact) mass is 528 g/mol. The van der Waals surface area contributed by atoms with Gasteiger partial charge in [-0.3, -0.25) is 39.4 Å². The van der Waals surface area contributed by atoms with Gasteiger partial charge >= 0.3 is 11.9 Å². The van der Waals surface area contributed by atoms with E-state index in [1.807, 2.05) is 0 Å². The molecular formula is C24H24N4O10. The summed E-state index contributed by atoms with van der Waals surface area (Å²) in [7, 11) is 0. The van der Waals surface area contributed by atoms with Gasteiger partial charge < -0.3 is 19.3 Å². The molecule has 2 aromatic carbocycles. The van der Waals surface area contributed by atoms with E-state index >= 15 is 0 Å². The summed E-state index contributed by atoms with van der Waals surface area (Å²) in [5.41, 5.74) is -0.0956. The molecule has 0 atom stereocenters. The molecule has 2 amide bonds. The normalized spacial score (nSPS) is 12.9. The number of nitrogens with zero attached hydrogens (tertiary/aromatic N) is 4. The van der Waals surface area contributed by atoms with E-state index in [1.54, 1.807) is 12.1 Å². The van der Waals surface area contributed by atoms with Crippen molar-refractivity contribution in [3.8, 4) is 0 Å². The molecule has 0 bridgehead atoms. The number of rotatable bonds is 10. The molecule has 0 radical (unpaired) electrons. The molecule has 1 fully saturated rings. The molecule has 38 heavy (non-hydrogen) atoms. The van der Waals surface area contributed by atoms with E-state index in [2.05, 4.69) is 0 Å². The van der Waals surface area contributed by atoms with E-state index in [9.17, 15) is 39.4 Å². The van der Waals surface area contributed by atoms with Gasteiger partial charge in [0.05, 0.1) is 22.7 Å².